The highest BCUT2D eigenvalue weighted by Crippen LogP contribution is 2.27. The van der Waals surface area contributed by atoms with E-state index in [1.54, 1.807) is 10.6 Å². The Hall–Kier alpha value is -1.99. The molecule has 0 radical (unpaired) electrons. The molecule has 7 nitrogen and oxygen atoms in total. The number of hydrogen-bond donors (Lipinski definition) is 1. The molecule has 2 N–H and O–H groups in total. The van der Waals surface area contributed by atoms with Crippen molar-refractivity contribution < 1.29 is 4.92 Å². The van der Waals surface area contributed by atoms with Gasteiger partial charge in [0.2, 0.25) is 0 Å². The second kappa shape index (κ2) is 5.33. The van der Waals surface area contributed by atoms with Crippen molar-refractivity contribution in [2.75, 3.05) is 0 Å². The Morgan fingerprint density at radius 1 is 1.42 bits per heavy atom. The van der Waals surface area contributed by atoms with E-state index in [-0.39, 0.29) is 17.3 Å². The predicted molar refractivity (Wildman–Crippen MR) is 70.7 cm³/mol. The molecular weight excluding hydrogens is 270 g/mol. The maximum absolute atomic E-state index is 10.8. The standard InChI is InChI=1S/C11H12ClN5O2/c1-2-16-10(6-13)14-15-11(16)7-3-8(12)5-9(4-7)17(18)19/h3-5H,2,6,13H2,1H3. The van der Waals surface area contributed by atoms with E-state index in [1.807, 2.05) is 6.92 Å². The first-order chi connectivity index (χ1) is 9.06. The molecule has 0 spiro atoms. The molecule has 0 bridgehead atoms. The van der Waals surface area contributed by atoms with E-state index in [1.165, 1.54) is 12.1 Å². The third kappa shape index (κ3) is 2.56. The molecule has 2 rings (SSSR count). The third-order valence-electron chi connectivity index (χ3n) is 2.68. The van der Waals surface area contributed by atoms with Gasteiger partial charge in [0.15, 0.2) is 5.82 Å². The Bertz CT molecular complexity index is 626. The molecule has 0 fully saturated rings. The van der Waals surface area contributed by atoms with E-state index in [2.05, 4.69) is 10.2 Å². The van der Waals surface area contributed by atoms with Crippen LogP contribution in [0.1, 0.15) is 12.7 Å². The summed E-state index contributed by atoms with van der Waals surface area (Å²) in [6.45, 7) is 2.80. The molecule has 1 aromatic heterocycles. The quantitative estimate of drug-likeness (QED) is 0.682. The summed E-state index contributed by atoms with van der Waals surface area (Å²) in [6, 6.07) is 4.33. The van der Waals surface area contributed by atoms with Crippen molar-refractivity contribution in [3.05, 3.63) is 39.2 Å². The molecule has 0 aliphatic carbocycles. The molecule has 19 heavy (non-hydrogen) atoms. The van der Waals surface area contributed by atoms with Crippen LogP contribution in [0.5, 0.6) is 0 Å². The average molecular weight is 282 g/mol. The van der Waals surface area contributed by atoms with Gasteiger partial charge in [-0.15, -0.1) is 10.2 Å². The maximum Gasteiger partial charge on any atom is 0.271 e. The van der Waals surface area contributed by atoms with Gasteiger partial charge in [0.1, 0.15) is 5.82 Å². The Kier molecular flexibility index (Phi) is 3.77. The van der Waals surface area contributed by atoms with Crippen molar-refractivity contribution in [1.29, 1.82) is 0 Å². The van der Waals surface area contributed by atoms with Gasteiger partial charge in [0.25, 0.3) is 5.69 Å². The fourth-order valence-electron chi connectivity index (χ4n) is 1.84. The van der Waals surface area contributed by atoms with Gasteiger partial charge in [0, 0.05) is 29.3 Å². The summed E-state index contributed by atoms with van der Waals surface area (Å²) >= 11 is 5.89. The van der Waals surface area contributed by atoms with E-state index < -0.39 is 4.92 Å². The SMILES string of the molecule is CCn1c(CN)nnc1-c1cc(Cl)cc([N+](=O)[O-])c1. The Morgan fingerprint density at radius 2 is 2.16 bits per heavy atom. The molecule has 0 saturated carbocycles. The van der Waals surface area contributed by atoms with Crippen molar-refractivity contribution in [3.63, 3.8) is 0 Å². The van der Waals surface area contributed by atoms with Crippen LogP contribution in [0.2, 0.25) is 5.02 Å². The van der Waals surface area contributed by atoms with Crippen molar-refractivity contribution in [3.8, 4) is 11.4 Å². The van der Waals surface area contributed by atoms with Crippen molar-refractivity contribution >= 4 is 17.3 Å². The summed E-state index contributed by atoms with van der Waals surface area (Å²) in [6.07, 6.45) is 0. The van der Waals surface area contributed by atoms with Gasteiger partial charge in [-0.3, -0.25) is 10.1 Å². The normalized spacial score (nSPS) is 10.7. The van der Waals surface area contributed by atoms with Crippen LogP contribution in [-0.2, 0) is 13.1 Å². The average Bonchev–Trinajstić information content (AvgIpc) is 2.80. The highest BCUT2D eigenvalue weighted by Gasteiger charge is 2.16. The number of non-ortho nitro benzene ring substituents is 1. The fourth-order valence-corrected chi connectivity index (χ4v) is 2.07. The lowest BCUT2D eigenvalue weighted by molar-refractivity contribution is -0.384. The highest BCUT2D eigenvalue weighted by molar-refractivity contribution is 6.31. The van der Waals surface area contributed by atoms with Crippen LogP contribution in [0, 0.1) is 10.1 Å². The smallest absolute Gasteiger partial charge is 0.271 e. The first kappa shape index (κ1) is 13.4. The summed E-state index contributed by atoms with van der Waals surface area (Å²) in [5.74, 6) is 1.15. The van der Waals surface area contributed by atoms with Crippen LogP contribution >= 0.6 is 11.6 Å². The van der Waals surface area contributed by atoms with Crippen LogP contribution in [0.15, 0.2) is 18.2 Å². The summed E-state index contributed by atoms with van der Waals surface area (Å²) in [7, 11) is 0. The number of rotatable bonds is 4. The molecule has 8 heteroatoms. The van der Waals surface area contributed by atoms with Crippen LogP contribution < -0.4 is 5.73 Å². The highest BCUT2D eigenvalue weighted by atomic mass is 35.5. The van der Waals surface area contributed by atoms with Gasteiger partial charge < -0.3 is 10.3 Å². The fraction of sp³-hybridized carbons (Fsp3) is 0.273. The lowest BCUT2D eigenvalue weighted by atomic mass is 10.2. The van der Waals surface area contributed by atoms with Crippen LogP contribution in [0.25, 0.3) is 11.4 Å². The molecule has 1 aromatic carbocycles. The molecule has 0 aliphatic heterocycles. The van der Waals surface area contributed by atoms with E-state index >= 15 is 0 Å². The number of nitro groups is 1. The van der Waals surface area contributed by atoms with E-state index in [0.717, 1.165) is 0 Å². The second-order valence-electron chi connectivity index (χ2n) is 3.84. The Morgan fingerprint density at radius 3 is 2.74 bits per heavy atom. The van der Waals surface area contributed by atoms with Crippen LogP contribution in [-0.4, -0.2) is 19.7 Å². The monoisotopic (exact) mass is 281 g/mol. The number of hydrogen-bond acceptors (Lipinski definition) is 5. The zero-order chi connectivity index (χ0) is 14.0. The number of nitrogens with two attached hydrogens (primary N) is 1. The number of nitrogens with zero attached hydrogens (tertiary/aromatic N) is 4. The Balaban J connectivity index is 2.58. The maximum atomic E-state index is 10.8. The molecule has 1 heterocycles. The van der Waals surface area contributed by atoms with Crippen molar-refractivity contribution in [2.45, 2.75) is 20.0 Å². The van der Waals surface area contributed by atoms with Crippen molar-refractivity contribution in [1.82, 2.24) is 14.8 Å². The number of aromatic nitrogens is 3. The summed E-state index contributed by atoms with van der Waals surface area (Å²) < 4.78 is 1.80. The van der Waals surface area contributed by atoms with Gasteiger partial charge in [-0.1, -0.05) is 11.6 Å². The number of nitro benzene ring substituents is 1. The number of halogens is 1. The van der Waals surface area contributed by atoms with Crippen LogP contribution in [0.4, 0.5) is 5.69 Å². The van der Waals surface area contributed by atoms with E-state index in [9.17, 15) is 10.1 Å². The van der Waals surface area contributed by atoms with Gasteiger partial charge in [-0.05, 0) is 13.0 Å². The molecule has 0 atom stereocenters. The second-order valence-corrected chi connectivity index (χ2v) is 4.28. The van der Waals surface area contributed by atoms with Gasteiger partial charge in [-0.2, -0.15) is 0 Å². The molecule has 0 saturated heterocycles. The molecule has 2 aromatic rings. The third-order valence-corrected chi connectivity index (χ3v) is 2.90. The Labute approximate surface area is 114 Å². The topological polar surface area (TPSA) is 99.9 Å². The summed E-state index contributed by atoms with van der Waals surface area (Å²) in [5.41, 5.74) is 6.04. The van der Waals surface area contributed by atoms with Gasteiger partial charge in [0.05, 0.1) is 11.5 Å². The van der Waals surface area contributed by atoms with Gasteiger partial charge in [-0.25, -0.2) is 0 Å². The zero-order valence-corrected chi connectivity index (χ0v) is 11.0. The van der Waals surface area contributed by atoms with Crippen LogP contribution in [0.3, 0.4) is 0 Å². The minimum absolute atomic E-state index is 0.0811. The summed E-state index contributed by atoms with van der Waals surface area (Å²) in [4.78, 5) is 10.3. The molecule has 0 aliphatic rings. The first-order valence-electron chi connectivity index (χ1n) is 5.64. The predicted octanol–water partition coefficient (Wildman–Crippen LogP) is 1.99. The van der Waals surface area contributed by atoms with Crippen molar-refractivity contribution in [2.24, 2.45) is 5.73 Å². The largest absolute Gasteiger partial charge is 0.324 e. The minimum Gasteiger partial charge on any atom is -0.324 e. The van der Waals surface area contributed by atoms with E-state index in [4.69, 9.17) is 17.3 Å². The zero-order valence-electron chi connectivity index (χ0n) is 10.2. The first-order valence-corrected chi connectivity index (χ1v) is 6.02. The molecule has 0 unspecified atom stereocenters. The molecular formula is C11H12ClN5O2. The molecule has 100 valence electrons. The summed E-state index contributed by atoms with van der Waals surface area (Å²) in [5, 5.41) is 19.1. The number of benzene rings is 1. The van der Waals surface area contributed by atoms with E-state index in [0.29, 0.717) is 23.8 Å². The lowest BCUT2D eigenvalue weighted by Crippen LogP contribution is -2.08. The molecule has 0 amide bonds. The van der Waals surface area contributed by atoms with Gasteiger partial charge >= 0.3 is 0 Å². The lowest BCUT2D eigenvalue weighted by Gasteiger charge is -2.06. The minimum atomic E-state index is -0.494.